The molecule has 3 rings (SSSR count). The van der Waals surface area contributed by atoms with Gasteiger partial charge in [0.15, 0.2) is 0 Å². The summed E-state index contributed by atoms with van der Waals surface area (Å²) in [5, 5.41) is 13.3. The molecule has 27 heavy (non-hydrogen) atoms. The molecule has 0 radical (unpaired) electrons. The quantitative estimate of drug-likeness (QED) is 0.838. The Labute approximate surface area is 158 Å². The third-order valence-corrected chi connectivity index (χ3v) is 5.20. The van der Waals surface area contributed by atoms with Gasteiger partial charge >= 0.3 is 5.97 Å². The van der Waals surface area contributed by atoms with E-state index in [0.29, 0.717) is 37.0 Å². The zero-order valence-corrected chi connectivity index (χ0v) is 15.9. The summed E-state index contributed by atoms with van der Waals surface area (Å²) >= 11 is 0. The standard InChI is InChI=1S/C20H25N3O4/c1-13(2)14-4-6-15(7-5-14)18-21-16(27-22-18)8-9-17(24)23-11-10-20(3,12-23)19(25)26/h4-7,13H,8-12H2,1-3H3,(H,25,26)/t20-/m0/s1. The molecule has 0 saturated carbocycles. The highest BCUT2D eigenvalue weighted by molar-refractivity contribution is 5.80. The monoisotopic (exact) mass is 371 g/mol. The first kappa shape index (κ1) is 19.1. The summed E-state index contributed by atoms with van der Waals surface area (Å²) in [6.07, 6.45) is 1.05. The van der Waals surface area contributed by atoms with E-state index in [1.807, 2.05) is 24.3 Å². The van der Waals surface area contributed by atoms with Crippen LogP contribution in [-0.4, -0.2) is 45.1 Å². The number of aryl methyl sites for hydroxylation is 1. The Kier molecular flexibility index (Phi) is 5.30. The van der Waals surface area contributed by atoms with E-state index < -0.39 is 11.4 Å². The van der Waals surface area contributed by atoms with E-state index >= 15 is 0 Å². The van der Waals surface area contributed by atoms with Gasteiger partial charge in [-0.2, -0.15) is 4.98 Å². The fraction of sp³-hybridized carbons (Fsp3) is 0.500. The minimum absolute atomic E-state index is 0.0824. The third kappa shape index (κ3) is 4.18. The van der Waals surface area contributed by atoms with Gasteiger partial charge in [-0.3, -0.25) is 9.59 Å². The van der Waals surface area contributed by atoms with Crippen LogP contribution in [0.5, 0.6) is 0 Å². The molecule has 1 aromatic heterocycles. The molecule has 1 amide bonds. The zero-order chi connectivity index (χ0) is 19.6. The molecule has 7 nitrogen and oxygen atoms in total. The molecule has 1 aromatic carbocycles. The van der Waals surface area contributed by atoms with E-state index in [2.05, 4.69) is 24.0 Å². The lowest BCUT2D eigenvalue weighted by molar-refractivity contribution is -0.147. The van der Waals surface area contributed by atoms with Crippen molar-refractivity contribution >= 4 is 11.9 Å². The molecule has 0 spiro atoms. The minimum atomic E-state index is -0.858. The largest absolute Gasteiger partial charge is 0.481 e. The van der Waals surface area contributed by atoms with Crippen molar-refractivity contribution in [3.8, 4) is 11.4 Å². The second-order valence-electron chi connectivity index (χ2n) is 7.72. The molecule has 2 heterocycles. The summed E-state index contributed by atoms with van der Waals surface area (Å²) in [6.45, 7) is 6.67. The molecule has 1 saturated heterocycles. The molecule has 1 N–H and O–H groups in total. The number of carboxylic acids is 1. The molecular formula is C20H25N3O4. The summed E-state index contributed by atoms with van der Waals surface area (Å²) in [4.78, 5) is 29.6. The maximum atomic E-state index is 12.4. The van der Waals surface area contributed by atoms with Crippen molar-refractivity contribution in [3.63, 3.8) is 0 Å². The van der Waals surface area contributed by atoms with Gasteiger partial charge < -0.3 is 14.5 Å². The highest BCUT2D eigenvalue weighted by Gasteiger charge is 2.41. The highest BCUT2D eigenvalue weighted by Crippen LogP contribution is 2.30. The second-order valence-corrected chi connectivity index (χ2v) is 7.72. The first-order valence-corrected chi connectivity index (χ1v) is 9.22. The minimum Gasteiger partial charge on any atom is -0.481 e. The number of hydrogen-bond donors (Lipinski definition) is 1. The molecule has 0 aliphatic carbocycles. The van der Waals surface area contributed by atoms with Crippen LogP contribution >= 0.6 is 0 Å². The van der Waals surface area contributed by atoms with Gasteiger partial charge in [0.1, 0.15) is 0 Å². The summed E-state index contributed by atoms with van der Waals surface area (Å²) in [7, 11) is 0. The van der Waals surface area contributed by atoms with Crippen LogP contribution in [0, 0.1) is 5.41 Å². The molecule has 7 heteroatoms. The zero-order valence-electron chi connectivity index (χ0n) is 15.9. The van der Waals surface area contributed by atoms with Gasteiger partial charge in [-0.15, -0.1) is 0 Å². The van der Waals surface area contributed by atoms with Crippen LogP contribution in [0.2, 0.25) is 0 Å². The van der Waals surface area contributed by atoms with E-state index in [9.17, 15) is 14.7 Å². The van der Waals surface area contributed by atoms with Gasteiger partial charge in [0.25, 0.3) is 0 Å². The number of carboxylic acid groups (broad SMARTS) is 1. The lowest BCUT2D eigenvalue weighted by Gasteiger charge is -2.19. The summed E-state index contributed by atoms with van der Waals surface area (Å²) in [5.41, 5.74) is 1.26. The van der Waals surface area contributed by atoms with E-state index in [4.69, 9.17) is 4.52 Å². The average Bonchev–Trinajstić information content (AvgIpc) is 3.27. The molecule has 1 aliphatic heterocycles. The van der Waals surface area contributed by atoms with Crippen molar-refractivity contribution in [1.29, 1.82) is 0 Å². The SMILES string of the molecule is CC(C)c1ccc(-c2noc(CCC(=O)N3CC[C@](C)(C(=O)O)C3)n2)cc1. The molecule has 1 fully saturated rings. The number of rotatable bonds is 6. The number of benzene rings is 1. The van der Waals surface area contributed by atoms with Gasteiger partial charge in [-0.05, 0) is 24.8 Å². The smallest absolute Gasteiger partial charge is 0.311 e. The summed E-state index contributed by atoms with van der Waals surface area (Å²) < 4.78 is 5.26. The molecular weight excluding hydrogens is 346 g/mol. The fourth-order valence-corrected chi connectivity index (χ4v) is 3.21. The number of hydrogen-bond acceptors (Lipinski definition) is 5. The van der Waals surface area contributed by atoms with Gasteiger partial charge in [0, 0.05) is 31.5 Å². The Bertz CT molecular complexity index is 828. The van der Waals surface area contributed by atoms with Crippen molar-refractivity contribution < 1.29 is 19.2 Å². The number of aliphatic carboxylic acids is 1. The second kappa shape index (κ2) is 7.50. The van der Waals surface area contributed by atoms with E-state index in [-0.39, 0.29) is 18.9 Å². The van der Waals surface area contributed by atoms with Crippen LogP contribution < -0.4 is 0 Å². The lowest BCUT2D eigenvalue weighted by atomic mass is 9.90. The number of carbonyl (C=O) groups excluding carboxylic acids is 1. The molecule has 1 atom stereocenters. The Morgan fingerprint density at radius 3 is 2.59 bits per heavy atom. The van der Waals surface area contributed by atoms with E-state index in [1.54, 1.807) is 11.8 Å². The molecule has 2 aromatic rings. The van der Waals surface area contributed by atoms with Gasteiger partial charge in [-0.25, -0.2) is 0 Å². The number of likely N-dealkylation sites (tertiary alicyclic amines) is 1. The van der Waals surface area contributed by atoms with Crippen molar-refractivity contribution in [2.24, 2.45) is 5.41 Å². The molecule has 144 valence electrons. The van der Waals surface area contributed by atoms with Gasteiger partial charge in [0.05, 0.1) is 5.41 Å². The van der Waals surface area contributed by atoms with Crippen LogP contribution in [0.15, 0.2) is 28.8 Å². The molecule has 0 unspecified atom stereocenters. The normalized spacial score (nSPS) is 19.6. The number of aromatic nitrogens is 2. The molecule has 0 bridgehead atoms. The van der Waals surface area contributed by atoms with Gasteiger partial charge in [0.2, 0.25) is 17.6 Å². The number of carbonyl (C=O) groups is 2. The average molecular weight is 371 g/mol. The lowest BCUT2D eigenvalue weighted by Crippen LogP contribution is -2.34. The topological polar surface area (TPSA) is 96.5 Å². The fourth-order valence-electron chi connectivity index (χ4n) is 3.21. The summed E-state index contributed by atoms with van der Waals surface area (Å²) in [5.74, 6) is 0.433. The first-order chi connectivity index (χ1) is 12.8. The van der Waals surface area contributed by atoms with Crippen molar-refractivity contribution in [2.75, 3.05) is 13.1 Å². The predicted octanol–water partition coefficient (Wildman–Crippen LogP) is 3.12. The Hall–Kier alpha value is -2.70. The Morgan fingerprint density at radius 1 is 1.30 bits per heavy atom. The van der Waals surface area contributed by atoms with E-state index in [0.717, 1.165) is 5.56 Å². The molecule has 1 aliphatic rings. The third-order valence-electron chi connectivity index (χ3n) is 5.20. The maximum Gasteiger partial charge on any atom is 0.311 e. The van der Waals surface area contributed by atoms with Gasteiger partial charge in [-0.1, -0.05) is 43.3 Å². The predicted molar refractivity (Wildman–Crippen MR) is 99.1 cm³/mol. The Morgan fingerprint density at radius 2 is 2.00 bits per heavy atom. The Balaban J connectivity index is 1.57. The number of amides is 1. The van der Waals surface area contributed by atoms with E-state index in [1.165, 1.54) is 5.56 Å². The van der Waals surface area contributed by atoms with Crippen LogP contribution in [0.4, 0.5) is 0 Å². The summed E-state index contributed by atoms with van der Waals surface area (Å²) in [6, 6.07) is 8.02. The van der Waals surface area contributed by atoms with Crippen LogP contribution in [0.3, 0.4) is 0 Å². The first-order valence-electron chi connectivity index (χ1n) is 9.22. The van der Waals surface area contributed by atoms with Crippen LogP contribution in [-0.2, 0) is 16.0 Å². The van der Waals surface area contributed by atoms with Crippen molar-refractivity contribution in [1.82, 2.24) is 15.0 Å². The van der Waals surface area contributed by atoms with Crippen LogP contribution in [0.25, 0.3) is 11.4 Å². The van der Waals surface area contributed by atoms with Crippen molar-refractivity contribution in [3.05, 3.63) is 35.7 Å². The van der Waals surface area contributed by atoms with Crippen LogP contribution in [0.1, 0.15) is 51.0 Å². The maximum absolute atomic E-state index is 12.4. The number of nitrogens with zero attached hydrogens (tertiary/aromatic N) is 3. The highest BCUT2D eigenvalue weighted by atomic mass is 16.5. The van der Waals surface area contributed by atoms with Crippen molar-refractivity contribution in [2.45, 2.75) is 46.0 Å².